The standard InChI is InChI=1S/2BrH.2H3N/h2*1H;2*1H3. The van der Waals surface area contributed by atoms with E-state index in [2.05, 4.69) is 0 Å². The van der Waals surface area contributed by atoms with E-state index in [1.807, 2.05) is 0 Å². The van der Waals surface area contributed by atoms with E-state index < -0.39 is 0 Å². The molecule has 0 aromatic carbocycles. The van der Waals surface area contributed by atoms with Gasteiger partial charge in [0.05, 0.1) is 0 Å². The number of hydrogen-bond acceptors (Lipinski definition) is 2. The van der Waals surface area contributed by atoms with Gasteiger partial charge in [0.2, 0.25) is 0 Å². The Bertz CT molecular complexity index is 4.00. The molecule has 0 radical (unpaired) electrons. The molecule has 0 rings (SSSR count). The van der Waals surface area contributed by atoms with Gasteiger partial charge in [0.15, 0.2) is 0 Å². The van der Waals surface area contributed by atoms with Crippen molar-refractivity contribution in [2.45, 2.75) is 0 Å². The van der Waals surface area contributed by atoms with Gasteiger partial charge in [-0.3, -0.25) is 0 Å². The molecule has 4 heteroatoms. The van der Waals surface area contributed by atoms with Gasteiger partial charge < -0.3 is 12.3 Å². The van der Waals surface area contributed by atoms with Crippen molar-refractivity contribution in [2.75, 3.05) is 0 Å². The van der Waals surface area contributed by atoms with Crippen LogP contribution in [0.5, 0.6) is 0 Å². The molecule has 32 valence electrons. The summed E-state index contributed by atoms with van der Waals surface area (Å²) in [6.45, 7) is 0. The first-order chi connectivity index (χ1) is 0. The average Bonchev–Trinajstić information content (AvgIpc) is 0. The third-order valence-corrected chi connectivity index (χ3v) is 0. The average molecular weight is 196 g/mol. The van der Waals surface area contributed by atoms with E-state index >= 15 is 0 Å². The Hall–Kier alpha value is 0.880. The van der Waals surface area contributed by atoms with Crippen molar-refractivity contribution in [3.05, 3.63) is 0 Å². The van der Waals surface area contributed by atoms with Gasteiger partial charge in [-0.2, -0.15) is 0 Å². The Morgan fingerprint density at radius 1 is 0.500 bits per heavy atom. The van der Waals surface area contributed by atoms with E-state index in [0.29, 0.717) is 0 Å². The quantitative estimate of drug-likeness (QED) is 0.615. The first kappa shape index (κ1) is 94.9. The van der Waals surface area contributed by atoms with Gasteiger partial charge in [-0.05, 0) is 0 Å². The molecule has 2 nitrogen and oxygen atoms in total. The molecule has 0 fully saturated rings. The summed E-state index contributed by atoms with van der Waals surface area (Å²) in [4.78, 5) is 0. The van der Waals surface area contributed by atoms with Crippen LogP contribution in [0.4, 0.5) is 0 Å². The molecule has 0 bridgehead atoms. The lowest BCUT2D eigenvalue weighted by Crippen LogP contribution is -0.482. The van der Waals surface area contributed by atoms with Crippen LogP contribution in [-0.4, -0.2) is 0 Å². The predicted octanol–water partition coefficient (Wildman–Crippen LogP) is 1.48. The minimum Gasteiger partial charge on any atom is -0.344 e. The highest BCUT2D eigenvalue weighted by molar-refractivity contribution is 8.93. The molecule has 0 aliphatic carbocycles. The highest BCUT2D eigenvalue weighted by atomic mass is 79.9. The minimum absolute atomic E-state index is 0. The van der Waals surface area contributed by atoms with E-state index in [0.717, 1.165) is 0 Å². The summed E-state index contributed by atoms with van der Waals surface area (Å²) >= 11 is 0. The number of rotatable bonds is 0. The Kier molecular flexibility index (Phi) is 986. The molecule has 6 N–H and O–H groups in total. The van der Waals surface area contributed by atoms with Crippen molar-refractivity contribution in [2.24, 2.45) is 0 Å². The van der Waals surface area contributed by atoms with Gasteiger partial charge in [0.25, 0.3) is 0 Å². The van der Waals surface area contributed by atoms with Crippen LogP contribution in [0.3, 0.4) is 0 Å². The fourth-order valence-electron chi connectivity index (χ4n) is 0. The van der Waals surface area contributed by atoms with Gasteiger partial charge in [0.1, 0.15) is 0 Å². The second kappa shape index (κ2) is 41.6. The SMILES string of the molecule is Br.Br.N.N. The fourth-order valence-corrected chi connectivity index (χ4v) is 0. The summed E-state index contributed by atoms with van der Waals surface area (Å²) in [5.74, 6) is 0. The zero-order chi connectivity index (χ0) is 0. The largest absolute Gasteiger partial charge is 0.344 e. The van der Waals surface area contributed by atoms with Gasteiger partial charge in [-0.25, -0.2) is 0 Å². The first-order valence-electron chi connectivity index (χ1n) is 0. The van der Waals surface area contributed by atoms with Gasteiger partial charge in [-0.15, -0.1) is 34.0 Å². The monoisotopic (exact) mass is 194 g/mol. The maximum Gasteiger partial charge on any atom is -0.114 e. The lowest BCUT2D eigenvalue weighted by Gasteiger charge is -0.345. The summed E-state index contributed by atoms with van der Waals surface area (Å²) in [5.41, 5.74) is 0. The maximum absolute atomic E-state index is 0. The molecular formula is H8Br2N2. The predicted molar refractivity (Wildman–Crippen MR) is 30.7 cm³/mol. The molecule has 0 aliphatic rings. The molecule has 0 heterocycles. The van der Waals surface area contributed by atoms with E-state index in [9.17, 15) is 0 Å². The Morgan fingerprint density at radius 3 is 0.500 bits per heavy atom. The number of halogens is 2. The molecule has 0 saturated carbocycles. The van der Waals surface area contributed by atoms with Crippen LogP contribution in [0.25, 0.3) is 0 Å². The zero-order valence-electron chi connectivity index (χ0n) is 2.23. The molecule has 0 aromatic rings. The molecular weight excluding hydrogens is 188 g/mol. The van der Waals surface area contributed by atoms with E-state index in [4.69, 9.17) is 0 Å². The highest BCUT2D eigenvalue weighted by Gasteiger charge is -0.113. The molecule has 0 aliphatic heterocycles. The van der Waals surface area contributed by atoms with Gasteiger partial charge in [0, 0.05) is 0 Å². The Balaban J connectivity index is 0. The second-order valence-corrected chi connectivity index (χ2v) is 0. The van der Waals surface area contributed by atoms with Crippen molar-refractivity contribution in [3.63, 3.8) is 0 Å². The summed E-state index contributed by atoms with van der Waals surface area (Å²) in [6.07, 6.45) is 0. The third-order valence-electron chi connectivity index (χ3n) is 0. The molecule has 4 heavy (non-hydrogen) atoms. The molecule has 0 spiro atoms. The van der Waals surface area contributed by atoms with Crippen molar-refractivity contribution in [1.29, 1.82) is 0 Å². The van der Waals surface area contributed by atoms with Crippen LogP contribution in [0.2, 0.25) is 0 Å². The van der Waals surface area contributed by atoms with Crippen molar-refractivity contribution < 1.29 is 0 Å². The zero-order valence-corrected chi connectivity index (χ0v) is 5.66. The number of hydrogen-bond donors (Lipinski definition) is 2. The lowest BCUT2D eigenvalue weighted by atomic mass is 14.0. The molecule has 0 unspecified atom stereocenters. The first-order valence-corrected chi connectivity index (χ1v) is 0. The Labute approximate surface area is 46.7 Å². The minimum atomic E-state index is 0. The molecule has 0 atom stereocenters. The van der Waals surface area contributed by atoms with Gasteiger partial charge >= 0.3 is 0 Å². The smallest absolute Gasteiger partial charge is 0.114 e. The van der Waals surface area contributed by atoms with E-state index in [1.165, 1.54) is 0 Å². The highest BCUT2D eigenvalue weighted by Crippen LogP contribution is 0.847. The van der Waals surface area contributed by atoms with Crippen molar-refractivity contribution in [3.8, 4) is 0 Å². The lowest BCUT2D eigenvalue weighted by molar-refractivity contribution is 2.13. The topological polar surface area (TPSA) is 70.0 Å². The molecule has 0 amide bonds. The Morgan fingerprint density at radius 2 is 0.500 bits per heavy atom. The summed E-state index contributed by atoms with van der Waals surface area (Å²) in [6, 6.07) is 0. The van der Waals surface area contributed by atoms with Crippen molar-refractivity contribution in [1.82, 2.24) is 12.3 Å². The molecule has 0 saturated heterocycles. The molecule has 0 aromatic heterocycles. The van der Waals surface area contributed by atoms with Crippen LogP contribution >= 0.6 is 34.0 Å². The maximum atomic E-state index is 0. The fraction of sp³-hybridized carbons (Fsp3) is 0. The van der Waals surface area contributed by atoms with Crippen LogP contribution in [-0.2, 0) is 0 Å². The van der Waals surface area contributed by atoms with Crippen molar-refractivity contribution >= 4 is 34.0 Å². The normalized spacial score (nSPS) is 0. The van der Waals surface area contributed by atoms with Crippen LogP contribution in [0, 0.1) is 0 Å². The third kappa shape index (κ3) is 13.1. The van der Waals surface area contributed by atoms with E-state index in [1.54, 1.807) is 0 Å². The van der Waals surface area contributed by atoms with Crippen LogP contribution in [0.1, 0.15) is 0 Å². The summed E-state index contributed by atoms with van der Waals surface area (Å²) < 4.78 is 0. The van der Waals surface area contributed by atoms with Crippen LogP contribution < -0.4 is 12.3 Å². The van der Waals surface area contributed by atoms with Crippen LogP contribution in [0.15, 0.2) is 0 Å². The van der Waals surface area contributed by atoms with E-state index in [-0.39, 0.29) is 46.3 Å². The van der Waals surface area contributed by atoms with Gasteiger partial charge in [-0.1, -0.05) is 0 Å². The second-order valence-electron chi connectivity index (χ2n) is 0. The summed E-state index contributed by atoms with van der Waals surface area (Å²) in [7, 11) is 0. The summed E-state index contributed by atoms with van der Waals surface area (Å²) in [5, 5.41) is 0.